The van der Waals surface area contributed by atoms with Crippen molar-refractivity contribution in [3.63, 3.8) is 0 Å². The second kappa shape index (κ2) is 6.69. The van der Waals surface area contributed by atoms with Crippen LogP contribution < -0.4 is 11.1 Å². The summed E-state index contributed by atoms with van der Waals surface area (Å²) in [6.07, 6.45) is 5.62. The topological polar surface area (TPSA) is 55.1 Å². The first-order chi connectivity index (χ1) is 8.75. The zero-order valence-corrected chi connectivity index (χ0v) is 11.3. The van der Waals surface area contributed by atoms with E-state index < -0.39 is 0 Å². The minimum atomic E-state index is -0.233. The van der Waals surface area contributed by atoms with Gasteiger partial charge in [0.2, 0.25) is 5.91 Å². The number of thioether (sulfide) groups is 1. The van der Waals surface area contributed by atoms with Crippen LogP contribution >= 0.6 is 11.8 Å². The van der Waals surface area contributed by atoms with Crippen LogP contribution in [-0.4, -0.2) is 17.7 Å². The van der Waals surface area contributed by atoms with E-state index in [4.69, 9.17) is 5.73 Å². The number of carbonyl (C=O) groups is 1. The van der Waals surface area contributed by atoms with Crippen molar-refractivity contribution in [1.82, 2.24) is 0 Å². The van der Waals surface area contributed by atoms with Crippen molar-refractivity contribution in [3.05, 3.63) is 24.3 Å². The van der Waals surface area contributed by atoms with Gasteiger partial charge in [0.15, 0.2) is 0 Å². The second-order valence-corrected chi connectivity index (χ2v) is 5.82. The molecule has 0 bridgehead atoms. The Morgan fingerprint density at radius 1 is 1.33 bits per heavy atom. The van der Waals surface area contributed by atoms with Gasteiger partial charge >= 0.3 is 0 Å². The third kappa shape index (κ3) is 3.95. The zero-order valence-electron chi connectivity index (χ0n) is 10.5. The highest BCUT2D eigenvalue weighted by Crippen LogP contribution is 2.30. The maximum Gasteiger partial charge on any atom is 0.218 e. The highest BCUT2D eigenvalue weighted by Gasteiger charge is 2.15. The van der Waals surface area contributed by atoms with Crippen LogP contribution in [0.25, 0.3) is 0 Å². The molecule has 1 aromatic carbocycles. The summed E-state index contributed by atoms with van der Waals surface area (Å²) < 4.78 is 0. The van der Waals surface area contributed by atoms with Crippen LogP contribution in [0, 0.1) is 0 Å². The summed E-state index contributed by atoms with van der Waals surface area (Å²) in [6, 6.07) is 8.92. The second-order valence-electron chi connectivity index (χ2n) is 4.69. The van der Waals surface area contributed by atoms with E-state index in [2.05, 4.69) is 23.5 Å². The first-order valence-corrected chi connectivity index (χ1v) is 7.51. The summed E-state index contributed by atoms with van der Waals surface area (Å²) in [5.74, 6) is 0.516. The number of amides is 1. The van der Waals surface area contributed by atoms with Gasteiger partial charge < -0.3 is 11.1 Å². The smallest absolute Gasteiger partial charge is 0.218 e. The number of anilines is 1. The van der Waals surface area contributed by atoms with Crippen molar-refractivity contribution < 1.29 is 4.79 Å². The van der Waals surface area contributed by atoms with Gasteiger partial charge in [0.1, 0.15) is 0 Å². The molecule has 1 saturated carbocycles. The molecule has 0 aliphatic heterocycles. The summed E-state index contributed by atoms with van der Waals surface area (Å²) in [6.45, 7) is 0. The van der Waals surface area contributed by atoms with E-state index in [-0.39, 0.29) is 5.91 Å². The Hall–Kier alpha value is -1.16. The number of carbonyl (C=O) groups excluding carboxylic acids is 1. The lowest BCUT2D eigenvalue weighted by Gasteiger charge is -2.16. The normalized spacial score (nSPS) is 15.8. The highest BCUT2D eigenvalue weighted by molar-refractivity contribution is 7.99. The quantitative estimate of drug-likeness (QED) is 0.777. The SMILES string of the molecule is NC(=O)CCSc1ccccc1NC1CCCC1. The van der Waals surface area contributed by atoms with Crippen LogP contribution in [0.5, 0.6) is 0 Å². The predicted molar refractivity (Wildman–Crippen MR) is 76.9 cm³/mol. The summed E-state index contributed by atoms with van der Waals surface area (Å²) in [7, 11) is 0. The van der Waals surface area contributed by atoms with Gasteiger partial charge in [0.25, 0.3) is 0 Å². The molecule has 1 aliphatic carbocycles. The van der Waals surface area contributed by atoms with E-state index >= 15 is 0 Å². The van der Waals surface area contributed by atoms with E-state index in [1.54, 1.807) is 11.8 Å². The Labute approximate surface area is 113 Å². The molecule has 3 nitrogen and oxygen atoms in total. The number of benzene rings is 1. The molecule has 2 rings (SSSR count). The molecule has 1 fully saturated rings. The van der Waals surface area contributed by atoms with Crippen LogP contribution in [-0.2, 0) is 4.79 Å². The third-order valence-electron chi connectivity index (χ3n) is 3.21. The third-order valence-corrected chi connectivity index (χ3v) is 4.28. The molecule has 0 atom stereocenters. The van der Waals surface area contributed by atoms with Gasteiger partial charge in [-0.3, -0.25) is 4.79 Å². The van der Waals surface area contributed by atoms with Gasteiger partial charge in [-0.1, -0.05) is 25.0 Å². The monoisotopic (exact) mass is 264 g/mol. The average molecular weight is 264 g/mol. The minimum absolute atomic E-state index is 0.233. The number of para-hydroxylation sites is 1. The lowest BCUT2D eigenvalue weighted by molar-refractivity contribution is -0.117. The molecule has 4 heteroatoms. The van der Waals surface area contributed by atoms with Crippen LogP contribution in [0.2, 0.25) is 0 Å². The summed E-state index contributed by atoms with van der Waals surface area (Å²) in [4.78, 5) is 12.0. The van der Waals surface area contributed by atoms with Crippen molar-refractivity contribution >= 4 is 23.4 Å². The minimum Gasteiger partial charge on any atom is -0.381 e. The van der Waals surface area contributed by atoms with Gasteiger partial charge in [0.05, 0.1) is 0 Å². The molecule has 1 amide bonds. The van der Waals surface area contributed by atoms with E-state index in [0.29, 0.717) is 12.5 Å². The largest absolute Gasteiger partial charge is 0.381 e. The number of nitrogens with one attached hydrogen (secondary N) is 1. The molecular formula is C14H20N2OS. The Morgan fingerprint density at radius 2 is 2.06 bits per heavy atom. The average Bonchev–Trinajstić information content (AvgIpc) is 2.84. The summed E-state index contributed by atoms with van der Waals surface area (Å²) in [5, 5.41) is 3.61. The maximum absolute atomic E-state index is 10.7. The Morgan fingerprint density at radius 3 is 2.78 bits per heavy atom. The molecule has 0 saturated heterocycles. The number of nitrogens with two attached hydrogens (primary N) is 1. The number of hydrogen-bond acceptors (Lipinski definition) is 3. The van der Waals surface area contributed by atoms with Crippen molar-refractivity contribution in [3.8, 4) is 0 Å². The van der Waals surface area contributed by atoms with Crippen molar-refractivity contribution in [2.75, 3.05) is 11.1 Å². The molecule has 1 aromatic rings. The first-order valence-electron chi connectivity index (χ1n) is 6.52. The summed E-state index contributed by atoms with van der Waals surface area (Å²) >= 11 is 1.70. The fraction of sp³-hybridized carbons (Fsp3) is 0.500. The Kier molecular flexibility index (Phi) is 4.93. The van der Waals surface area contributed by atoms with E-state index in [1.165, 1.54) is 36.3 Å². The molecular weight excluding hydrogens is 244 g/mol. The maximum atomic E-state index is 10.7. The molecule has 0 spiro atoms. The lowest BCUT2D eigenvalue weighted by Crippen LogP contribution is -2.15. The van der Waals surface area contributed by atoms with Crippen LogP contribution in [0.3, 0.4) is 0 Å². The molecule has 0 heterocycles. The fourth-order valence-electron chi connectivity index (χ4n) is 2.26. The zero-order chi connectivity index (χ0) is 12.8. The van der Waals surface area contributed by atoms with Crippen LogP contribution in [0.4, 0.5) is 5.69 Å². The van der Waals surface area contributed by atoms with Gasteiger partial charge in [-0.15, -0.1) is 11.8 Å². The predicted octanol–water partition coefficient (Wildman–Crippen LogP) is 3.01. The summed E-state index contributed by atoms with van der Waals surface area (Å²) in [5.41, 5.74) is 6.35. The van der Waals surface area contributed by atoms with Gasteiger partial charge in [-0.2, -0.15) is 0 Å². The van der Waals surface area contributed by atoms with Crippen molar-refractivity contribution in [2.45, 2.75) is 43.0 Å². The number of primary amides is 1. The van der Waals surface area contributed by atoms with E-state index in [0.717, 1.165) is 5.75 Å². The molecule has 0 aromatic heterocycles. The number of hydrogen-bond donors (Lipinski definition) is 2. The molecule has 18 heavy (non-hydrogen) atoms. The van der Waals surface area contributed by atoms with Gasteiger partial charge in [-0.05, 0) is 25.0 Å². The molecule has 0 radical (unpaired) electrons. The standard InChI is InChI=1S/C14H20N2OS/c15-14(17)9-10-18-13-8-4-3-7-12(13)16-11-5-1-2-6-11/h3-4,7-8,11,16H,1-2,5-6,9-10H2,(H2,15,17). The Bertz CT molecular complexity index is 403. The highest BCUT2D eigenvalue weighted by atomic mass is 32.2. The van der Waals surface area contributed by atoms with Crippen LogP contribution in [0.1, 0.15) is 32.1 Å². The van der Waals surface area contributed by atoms with Gasteiger partial charge in [0, 0.05) is 28.8 Å². The molecule has 1 aliphatic rings. The van der Waals surface area contributed by atoms with E-state index in [1.807, 2.05) is 6.07 Å². The van der Waals surface area contributed by atoms with Gasteiger partial charge in [-0.25, -0.2) is 0 Å². The molecule has 3 N–H and O–H groups in total. The molecule has 0 unspecified atom stereocenters. The number of rotatable bonds is 6. The van der Waals surface area contributed by atoms with E-state index in [9.17, 15) is 4.79 Å². The first kappa shape index (κ1) is 13.3. The molecule has 98 valence electrons. The fourth-order valence-corrected chi connectivity index (χ4v) is 3.24. The Balaban J connectivity index is 1.93. The lowest BCUT2D eigenvalue weighted by atomic mass is 10.2. The van der Waals surface area contributed by atoms with Crippen molar-refractivity contribution in [1.29, 1.82) is 0 Å². The van der Waals surface area contributed by atoms with Crippen molar-refractivity contribution in [2.24, 2.45) is 5.73 Å². The van der Waals surface area contributed by atoms with Crippen LogP contribution in [0.15, 0.2) is 29.2 Å².